The van der Waals surface area contributed by atoms with E-state index >= 15 is 0 Å². The van der Waals surface area contributed by atoms with Gasteiger partial charge in [0.1, 0.15) is 10.9 Å². The summed E-state index contributed by atoms with van der Waals surface area (Å²) in [5.74, 6) is 0.772. The molecule has 0 fully saturated rings. The summed E-state index contributed by atoms with van der Waals surface area (Å²) in [6.07, 6.45) is 2.43. The van der Waals surface area contributed by atoms with E-state index in [9.17, 15) is 0 Å². The fraction of sp³-hybridized carbons (Fsp3) is 0.375. The molecular formula is C8H9ClN2O. The van der Waals surface area contributed by atoms with Gasteiger partial charge in [0.15, 0.2) is 0 Å². The Hall–Kier alpha value is -0.800. The van der Waals surface area contributed by atoms with E-state index in [0.29, 0.717) is 11.8 Å². The molecule has 0 spiro atoms. The third-order valence-corrected chi connectivity index (χ3v) is 2.26. The number of pyridine rings is 1. The van der Waals surface area contributed by atoms with Crippen molar-refractivity contribution >= 4 is 11.6 Å². The third kappa shape index (κ3) is 1.15. The maximum Gasteiger partial charge on any atom is 0.137 e. The molecule has 12 heavy (non-hydrogen) atoms. The highest BCUT2D eigenvalue weighted by molar-refractivity contribution is 6.30. The van der Waals surface area contributed by atoms with E-state index in [1.54, 1.807) is 12.3 Å². The van der Waals surface area contributed by atoms with E-state index < -0.39 is 0 Å². The van der Waals surface area contributed by atoms with E-state index in [0.717, 1.165) is 17.7 Å². The van der Waals surface area contributed by atoms with Crippen molar-refractivity contribution in [3.05, 3.63) is 23.0 Å². The normalized spacial score (nSPS) is 21.3. The van der Waals surface area contributed by atoms with Crippen LogP contribution in [0.2, 0.25) is 5.15 Å². The third-order valence-electron chi connectivity index (χ3n) is 1.96. The average molecular weight is 185 g/mol. The van der Waals surface area contributed by atoms with Gasteiger partial charge in [-0.2, -0.15) is 0 Å². The smallest absolute Gasteiger partial charge is 0.137 e. The van der Waals surface area contributed by atoms with Gasteiger partial charge in [0.2, 0.25) is 0 Å². The molecule has 1 aromatic heterocycles. The van der Waals surface area contributed by atoms with Gasteiger partial charge in [0.25, 0.3) is 0 Å². The number of hydrogen-bond donors (Lipinski definition) is 1. The molecule has 1 unspecified atom stereocenters. The van der Waals surface area contributed by atoms with Crippen LogP contribution in [-0.2, 0) is 0 Å². The zero-order valence-corrected chi connectivity index (χ0v) is 7.21. The largest absolute Gasteiger partial charge is 0.493 e. The Kier molecular flexibility index (Phi) is 1.90. The van der Waals surface area contributed by atoms with Gasteiger partial charge in [-0.3, -0.25) is 0 Å². The summed E-state index contributed by atoms with van der Waals surface area (Å²) in [6, 6.07) is 1.76. The predicted octanol–water partition coefficient (Wildman–Crippen LogP) is 1.52. The van der Waals surface area contributed by atoms with Gasteiger partial charge in [0, 0.05) is 24.2 Å². The van der Waals surface area contributed by atoms with Gasteiger partial charge < -0.3 is 10.5 Å². The van der Waals surface area contributed by atoms with Crippen LogP contribution in [-0.4, -0.2) is 11.6 Å². The van der Waals surface area contributed by atoms with Crippen LogP contribution in [0.4, 0.5) is 0 Å². The predicted molar refractivity (Wildman–Crippen MR) is 46.3 cm³/mol. The molecule has 1 aliphatic rings. The van der Waals surface area contributed by atoms with Crippen molar-refractivity contribution in [3.63, 3.8) is 0 Å². The Labute approximate surface area is 75.5 Å². The number of fused-ring (bicyclic) bond motifs is 1. The number of hydrogen-bond acceptors (Lipinski definition) is 3. The summed E-state index contributed by atoms with van der Waals surface area (Å²) in [4.78, 5) is 3.95. The van der Waals surface area contributed by atoms with Crippen LogP contribution in [0.25, 0.3) is 0 Å². The summed E-state index contributed by atoms with van der Waals surface area (Å²) in [6.45, 7) is 0.661. The lowest BCUT2D eigenvalue weighted by atomic mass is 10.0. The molecule has 2 N–H and O–H groups in total. The lowest BCUT2D eigenvalue weighted by molar-refractivity contribution is 0.268. The van der Waals surface area contributed by atoms with Crippen LogP contribution in [0.5, 0.6) is 5.75 Å². The zero-order chi connectivity index (χ0) is 8.55. The lowest BCUT2D eigenvalue weighted by Gasteiger charge is -2.22. The number of nitrogens with two attached hydrogens (primary N) is 1. The van der Waals surface area contributed by atoms with E-state index in [2.05, 4.69) is 4.98 Å². The molecule has 1 atom stereocenters. The average Bonchev–Trinajstić information content (AvgIpc) is 2.04. The van der Waals surface area contributed by atoms with Crippen molar-refractivity contribution in [2.45, 2.75) is 12.5 Å². The Bertz CT molecular complexity index is 303. The van der Waals surface area contributed by atoms with Gasteiger partial charge in [-0.15, -0.1) is 0 Å². The molecule has 0 saturated carbocycles. The summed E-state index contributed by atoms with van der Waals surface area (Å²) in [5, 5.41) is 0.458. The summed E-state index contributed by atoms with van der Waals surface area (Å²) >= 11 is 5.87. The van der Waals surface area contributed by atoms with Crippen molar-refractivity contribution in [3.8, 4) is 5.75 Å². The maximum absolute atomic E-state index is 5.87. The van der Waals surface area contributed by atoms with Gasteiger partial charge in [-0.25, -0.2) is 4.98 Å². The molecule has 0 saturated heterocycles. The first-order valence-corrected chi connectivity index (χ1v) is 4.19. The monoisotopic (exact) mass is 184 g/mol. The fourth-order valence-electron chi connectivity index (χ4n) is 1.33. The van der Waals surface area contributed by atoms with Crippen LogP contribution >= 0.6 is 11.6 Å². The van der Waals surface area contributed by atoms with E-state index in [1.165, 1.54) is 0 Å². The summed E-state index contributed by atoms with van der Waals surface area (Å²) in [7, 11) is 0. The van der Waals surface area contributed by atoms with Crippen LogP contribution in [0.15, 0.2) is 12.3 Å². The second-order valence-electron chi connectivity index (χ2n) is 2.76. The molecule has 1 aromatic rings. The number of rotatable bonds is 0. The van der Waals surface area contributed by atoms with E-state index in [-0.39, 0.29) is 6.04 Å². The SMILES string of the molecule is NC1CCOc2ccnc(Cl)c21. The van der Waals surface area contributed by atoms with Gasteiger partial charge >= 0.3 is 0 Å². The minimum Gasteiger partial charge on any atom is -0.493 e. The topological polar surface area (TPSA) is 48.1 Å². The molecule has 0 bridgehead atoms. The zero-order valence-electron chi connectivity index (χ0n) is 6.46. The first-order chi connectivity index (χ1) is 5.79. The summed E-state index contributed by atoms with van der Waals surface area (Å²) in [5.41, 5.74) is 6.68. The highest BCUT2D eigenvalue weighted by Gasteiger charge is 2.21. The van der Waals surface area contributed by atoms with Crippen LogP contribution < -0.4 is 10.5 Å². The van der Waals surface area contributed by atoms with Crippen LogP contribution in [0.3, 0.4) is 0 Å². The van der Waals surface area contributed by atoms with Gasteiger partial charge in [-0.05, 0) is 6.07 Å². The van der Waals surface area contributed by atoms with Crippen molar-refractivity contribution in [2.24, 2.45) is 5.73 Å². The molecule has 0 aromatic carbocycles. The lowest BCUT2D eigenvalue weighted by Crippen LogP contribution is -2.21. The van der Waals surface area contributed by atoms with Crippen molar-refractivity contribution < 1.29 is 4.74 Å². The number of ether oxygens (including phenoxy) is 1. The molecule has 2 heterocycles. The molecule has 3 nitrogen and oxygen atoms in total. The van der Waals surface area contributed by atoms with Crippen LogP contribution in [0, 0.1) is 0 Å². The minimum atomic E-state index is -0.0325. The molecule has 2 rings (SSSR count). The Morgan fingerprint density at radius 2 is 2.50 bits per heavy atom. The van der Waals surface area contributed by atoms with Crippen molar-refractivity contribution in [2.75, 3.05) is 6.61 Å². The molecule has 0 aliphatic carbocycles. The van der Waals surface area contributed by atoms with Crippen LogP contribution in [0.1, 0.15) is 18.0 Å². The highest BCUT2D eigenvalue weighted by atomic mass is 35.5. The second kappa shape index (κ2) is 2.92. The fourth-order valence-corrected chi connectivity index (χ4v) is 1.62. The number of halogens is 1. The van der Waals surface area contributed by atoms with Gasteiger partial charge in [0.05, 0.1) is 6.61 Å². The van der Waals surface area contributed by atoms with Crippen molar-refractivity contribution in [1.29, 1.82) is 0 Å². The van der Waals surface area contributed by atoms with Gasteiger partial charge in [-0.1, -0.05) is 11.6 Å². The number of nitrogens with zero attached hydrogens (tertiary/aromatic N) is 1. The summed E-state index contributed by atoms with van der Waals surface area (Å²) < 4.78 is 5.37. The Balaban J connectivity index is 2.53. The molecule has 0 amide bonds. The minimum absolute atomic E-state index is 0.0325. The van der Waals surface area contributed by atoms with E-state index in [4.69, 9.17) is 22.1 Å². The Morgan fingerprint density at radius 1 is 1.67 bits per heavy atom. The molecule has 64 valence electrons. The molecule has 4 heteroatoms. The van der Waals surface area contributed by atoms with Crippen molar-refractivity contribution in [1.82, 2.24) is 4.98 Å². The first-order valence-electron chi connectivity index (χ1n) is 3.82. The Morgan fingerprint density at radius 3 is 3.25 bits per heavy atom. The molecular weight excluding hydrogens is 176 g/mol. The molecule has 0 radical (unpaired) electrons. The standard InChI is InChI=1S/C8H9ClN2O/c9-8-7-5(10)2-4-12-6(7)1-3-11-8/h1,3,5H,2,4,10H2. The maximum atomic E-state index is 5.87. The second-order valence-corrected chi connectivity index (χ2v) is 3.12. The first kappa shape index (κ1) is 7.83. The quantitative estimate of drug-likeness (QED) is 0.622. The number of aromatic nitrogens is 1. The molecule has 1 aliphatic heterocycles. The van der Waals surface area contributed by atoms with E-state index in [1.807, 2.05) is 0 Å². The highest BCUT2D eigenvalue weighted by Crippen LogP contribution is 2.34.